The minimum Gasteiger partial charge on any atom is -0.355 e. The van der Waals surface area contributed by atoms with Crippen molar-refractivity contribution in [2.45, 2.75) is 13.5 Å². The monoisotopic (exact) mass is 327 g/mol. The van der Waals surface area contributed by atoms with Gasteiger partial charge in [-0.1, -0.05) is 35.0 Å². The zero-order valence-electron chi connectivity index (χ0n) is 12.4. The molecule has 116 valence electrons. The molecular formula is C17H14ClN3O2. The van der Waals surface area contributed by atoms with E-state index in [0.717, 1.165) is 17.0 Å². The molecule has 0 atom stereocenters. The first-order valence-electron chi connectivity index (χ1n) is 7.05. The molecule has 0 unspecified atom stereocenters. The van der Waals surface area contributed by atoms with Crippen LogP contribution >= 0.6 is 11.6 Å². The summed E-state index contributed by atoms with van der Waals surface area (Å²) in [6.07, 6.45) is 0. The van der Waals surface area contributed by atoms with Crippen LogP contribution in [0, 0.1) is 6.92 Å². The summed E-state index contributed by atoms with van der Waals surface area (Å²) in [5.41, 5.74) is 2.68. The Bertz CT molecular complexity index is 845. The van der Waals surface area contributed by atoms with Gasteiger partial charge in [-0.15, -0.1) is 0 Å². The van der Waals surface area contributed by atoms with E-state index in [4.69, 9.17) is 16.1 Å². The fraction of sp³-hybridized carbons (Fsp3) is 0.118. The summed E-state index contributed by atoms with van der Waals surface area (Å²) in [6.45, 7) is 2.24. The van der Waals surface area contributed by atoms with Gasteiger partial charge in [0.05, 0.1) is 12.2 Å². The van der Waals surface area contributed by atoms with Gasteiger partial charge >= 0.3 is 0 Å². The molecule has 5 nitrogen and oxygen atoms in total. The van der Waals surface area contributed by atoms with Crippen LogP contribution in [-0.4, -0.2) is 16.0 Å². The number of pyridine rings is 1. The van der Waals surface area contributed by atoms with E-state index in [1.54, 1.807) is 18.2 Å². The first kappa shape index (κ1) is 15.2. The van der Waals surface area contributed by atoms with Crippen LogP contribution in [0.25, 0.3) is 11.3 Å². The minimum absolute atomic E-state index is 0.215. The highest BCUT2D eigenvalue weighted by molar-refractivity contribution is 6.30. The Morgan fingerprint density at radius 2 is 2.04 bits per heavy atom. The lowest BCUT2D eigenvalue weighted by Crippen LogP contribution is -2.23. The molecule has 0 fully saturated rings. The van der Waals surface area contributed by atoms with E-state index < -0.39 is 0 Å². The predicted molar refractivity (Wildman–Crippen MR) is 87.1 cm³/mol. The van der Waals surface area contributed by atoms with E-state index in [0.29, 0.717) is 17.3 Å². The second-order valence-corrected chi connectivity index (χ2v) is 5.48. The molecule has 3 aromatic rings. The van der Waals surface area contributed by atoms with Crippen LogP contribution in [0.5, 0.6) is 0 Å². The molecule has 2 aromatic heterocycles. The Kier molecular flexibility index (Phi) is 4.39. The molecule has 0 spiro atoms. The largest absolute Gasteiger partial charge is 0.355 e. The van der Waals surface area contributed by atoms with Crippen LogP contribution in [0.1, 0.15) is 21.9 Å². The number of carbonyl (C=O) groups excluding carboxylic acids is 1. The summed E-state index contributed by atoms with van der Waals surface area (Å²) in [4.78, 5) is 16.5. The highest BCUT2D eigenvalue weighted by atomic mass is 35.5. The fourth-order valence-electron chi connectivity index (χ4n) is 2.12. The van der Waals surface area contributed by atoms with E-state index in [9.17, 15) is 4.79 Å². The Labute approximate surface area is 138 Å². The van der Waals surface area contributed by atoms with Crippen molar-refractivity contribution in [1.29, 1.82) is 0 Å². The quantitative estimate of drug-likeness (QED) is 0.794. The predicted octanol–water partition coefficient (Wildman–Crippen LogP) is 3.63. The van der Waals surface area contributed by atoms with Crippen LogP contribution in [0.3, 0.4) is 0 Å². The maximum Gasteiger partial charge on any atom is 0.273 e. The first-order chi connectivity index (χ1) is 11.1. The van der Waals surface area contributed by atoms with Crippen molar-refractivity contribution in [2.75, 3.05) is 0 Å². The van der Waals surface area contributed by atoms with Gasteiger partial charge < -0.3 is 9.84 Å². The molecule has 0 radical (unpaired) electrons. The van der Waals surface area contributed by atoms with E-state index >= 15 is 0 Å². The van der Waals surface area contributed by atoms with Crippen molar-refractivity contribution >= 4 is 17.5 Å². The molecule has 1 aromatic carbocycles. The number of amides is 1. The van der Waals surface area contributed by atoms with Gasteiger partial charge in [-0.25, -0.2) is 0 Å². The lowest BCUT2D eigenvalue weighted by molar-refractivity contribution is 0.0941. The van der Waals surface area contributed by atoms with Crippen molar-refractivity contribution in [3.8, 4) is 11.3 Å². The number of nitrogens with zero attached hydrogens (tertiary/aromatic N) is 2. The molecule has 0 aliphatic carbocycles. The van der Waals surface area contributed by atoms with Crippen molar-refractivity contribution in [3.05, 3.63) is 70.6 Å². The number of carbonyl (C=O) groups is 1. The second-order valence-electron chi connectivity index (χ2n) is 5.04. The normalized spacial score (nSPS) is 10.5. The Morgan fingerprint density at radius 3 is 2.83 bits per heavy atom. The average Bonchev–Trinajstić information content (AvgIpc) is 3.03. The summed E-state index contributed by atoms with van der Waals surface area (Å²) in [6, 6.07) is 14.4. The summed E-state index contributed by atoms with van der Waals surface area (Å²) >= 11 is 5.95. The zero-order valence-corrected chi connectivity index (χ0v) is 13.2. The number of aryl methyl sites for hydroxylation is 1. The van der Waals surface area contributed by atoms with E-state index in [2.05, 4.69) is 15.5 Å². The Hall–Kier alpha value is -2.66. The van der Waals surface area contributed by atoms with E-state index in [-0.39, 0.29) is 11.6 Å². The lowest BCUT2D eigenvalue weighted by atomic mass is 10.1. The van der Waals surface area contributed by atoms with Crippen LogP contribution < -0.4 is 5.32 Å². The van der Waals surface area contributed by atoms with Crippen molar-refractivity contribution in [2.24, 2.45) is 0 Å². The van der Waals surface area contributed by atoms with Gasteiger partial charge in [0.25, 0.3) is 5.91 Å². The SMILES string of the molecule is Cc1cccc(CNC(=O)c2cc(-c3cccc(Cl)c3)on2)n1. The second kappa shape index (κ2) is 6.62. The number of halogens is 1. The molecule has 23 heavy (non-hydrogen) atoms. The minimum atomic E-state index is -0.315. The molecule has 0 aliphatic heterocycles. The number of benzene rings is 1. The molecule has 0 saturated carbocycles. The van der Waals surface area contributed by atoms with E-state index in [1.165, 1.54) is 0 Å². The van der Waals surface area contributed by atoms with Gasteiger partial charge in [-0.3, -0.25) is 9.78 Å². The number of rotatable bonds is 4. The standard InChI is InChI=1S/C17H14ClN3O2/c1-11-4-2-7-14(20-11)10-19-17(22)15-9-16(23-21-15)12-5-3-6-13(18)8-12/h2-9H,10H2,1H3,(H,19,22). The Balaban J connectivity index is 1.69. The summed E-state index contributed by atoms with van der Waals surface area (Å²) < 4.78 is 5.21. The van der Waals surface area contributed by atoms with Gasteiger partial charge in [0.2, 0.25) is 0 Å². The molecule has 0 aliphatic rings. The molecule has 0 bridgehead atoms. The lowest BCUT2D eigenvalue weighted by Gasteiger charge is -2.02. The van der Waals surface area contributed by atoms with Gasteiger partial charge in [0.15, 0.2) is 11.5 Å². The molecule has 3 rings (SSSR count). The van der Waals surface area contributed by atoms with Crippen molar-refractivity contribution in [3.63, 3.8) is 0 Å². The molecule has 0 saturated heterocycles. The third kappa shape index (κ3) is 3.76. The van der Waals surface area contributed by atoms with Crippen LogP contribution in [-0.2, 0) is 6.54 Å². The smallest absolute Gasteiger partial charge is 0.273 e. The van der Waals surface area contributed by atoms with Gasteiger partial charge in [0, 0.05) is 22.3 Å². The first-order valence-corrected chi connectivity index (χ1v) is 7.43. The maximum absolute atomic E-state index is 12.1. The topological polar surface area (TPSA) is 68.0 Å². The third-order valence-corrected chi connectivity index (χ3v) is 3.46. The van der Waals surface area contributed by atoms with Gasteiger partial charge in [0.1, 0.15) is 0 Å². The summed E-state index contributed by atoms with van der Waals surface area (Å²) in [5.74, 6) is 0.177. The number of aromatic nitrogens is 2. The zero-order chi connectivity index (χ0) is 16.2. The fourth-order valence-corrected chi connectivity index (χ4v) is 2.31. The third-order valence-electron chi connectivity index (χ3n) is 3.23. The molecule has 1 N–H and O–H groups in total. The summed E-state index contributed by atoms with van der Waals surface area (Å²) in [7, 11) is 0. The highest BCUT2D eigenvalue weighted by Crippen LogP contribution is 2.23. The van der Waals surface area contributed by atoms with Crippen molar-refractivity contribution in [1.82, 2.24) is 15.5 Å². The molecule has 6 heteroatoms. The van der Waals surface area contributed by atoms with Gasteiger partial charge in [-0.05, 0) is 31.2 Å². The maximum atomic E-state index is 12.1. The van der Waals surface area contributed by atoms with Crippen LogP contribution in [0.4, 0.5) is 0 Å². The van der Waals surface area contributed by atoms with Gasteiger partial charge in [-0.2, -0.15) is 0 Å². The molecule has 2 heterocycles. The van der Waals surface area contributed by atoms with Crippen LogP contribution in [0.15, 0.2) is 53.1 Å². The average molecular weight is 328 g/mol. The number of hydrogen-bond donors (Lipinski definition) is 1. The number of hydrogen-bond acceptors (Lipinski definition) is 4. The molecule has 1 amide bonds. The van der Waals surface area contributed by atoms with E-state index in [1.807, 2.05) is 37.3 Å². The summed E-state index contributed by atoms with van der Waals surface area (Å²) in [5, 5.41) is 7.16. The van der Waals surface area contributed by atoms with Crippen LogP contribution in [0.2, 0.25) is 5.02 Å². The van der Waals surface area contributed by atoms with Crippen molar-refractivity contribution < 1.29 is 9.32 Å². The molecular weight excluding hydrogens is 314 g/mol. The number of nitrogens with one attached hydrogen (secondary N) is 1. The Morgan fingerprint density at radius 1 is 1.22 bits per heavy atom. The highest BCUT2D eigenvalue weighted by Gasteiger charge is 2.13.